The minimum absolute atomic E-state index is 0.701. The van der Waals surface area contributed by atoms with Crippen LogP contribution in [-0.2, 0) is 6.54 Å². The topological polar surface area (TPSA) is 24.9 Å². The second kappa shape index (κ2) is 6.04. The van der Waals surface area contributed by atoms with Gasteiger partial charge in [0.25, 0.3) is 0 Å². The zero-order valence-corrected chi connectivity index (χ0v) is 13.9. The Balaban J connectivity index is 1.92. The molecule has 0 aliphatic heterocycles. The lowest BCUT2D eigenvalue weighted by molar-refractivity contribution is 1.15. The van der Waals surface area contributed by atoms with E-state index in [2.05, 4.69) is 51.4 Å². The van der Waals surface area contributed by atoms with Crippen LogP contribution in [0.1, 0.15) is 11.1 Å². The predicted molar refractivity (Wildman–Crippen MR) is 93.0 cm³/mol. The van der Waals surface area contributed by atoms with Gasteiger partial charge in [-0.05, 0) is 64.3 Å². The Morgan fingerprint density at radius 2 is 2.05 bits per heavy atom. The summed E-state index contributed by atoms with van der Waals surface area (Å²) < 4.78 is 1.05. The van der Waals surface area contributed by atoms with E-state index in [-0.39, 0.29) is 0 Å². The minimum Gasteiger partial charge on any atom is -0.380 e. The smallest absolute Gasteiger partial charge is 0.0766 e. The molecule has 2 aromatic carbocycles. The molecular weight excluding hydrogens is 348 g/mol. The van der Waals surface area contributed by atoms with Gasteiger partial charge in [0.05, 0.1) is 5.52 Å². The van der Waals surface area contributed by atoms with Gasteiger partial charge < -0.3 is 5.32 Å². The molecule has 0 aliphatic carbocycles. The number of anilines is 1. The van der Waals surface area contributed by atoms with Crippen LogP contribution in [0.4, 0.5) is 5.69 Å². The molecule has 0 fully saturated rings. The summed E-state index contributed by atoms with van der Waals surface area (Å²) in [5, 5.41) is 5.17. The fraction of sp³-hybridized carbons (Fsp3) is 0.118. The van der Waals surface area contributed by atoms with Gasteiger partial charge >= 0.3 is 0 Å². The third kappa shape index (κ3) is 3.04. The first-order valence-corrected chi connectivity index (χ1v) is 7.84. The predicted octanol–water partition coefficient (Wildman–Crippen LogP) is 5.57. The summed E-state index contributed by atoms with van der Waals surface area (Å²) in [7, 11) is 0. The highest BCUT2D eigenvalue weighted by Crippen LogP contribution is 2.27. The molecule has 0 amide bonds. The van der Waals surface area contributed by atoms with Crippen molar-refractivity contribution in [1.29, 1.82) is 0 Å². The Bertz CT molecular complexity index is 802. The van der Waals surface area contributed by atoms with E-state index in [0.717, 1.165) is 31.6 Å². The van der Waals surface area contributed by atoms with Crippen molar-refractivity contribution in [3.8, 4) is 0 Å². The SMILES string of the molecule is Cc1ccc(Br)c(NCc2ccc(Cl)c3cccnc23)c1. The van der Waals surface area contributed by atoms with Gasteiger partial charge in [-0.25, -0.2) is 0 Å². The van der Waals surface area contributed by atoms with Gasteiger partial charge in [0.15, 0.2) is 0 Å². The third-order valence-corrected chi connectivity index (χ3v) is 4.41. The molecule has 0 spiro atoms. The average Bonchev–Trinajstić information content (AvgIpc) is 2.50. The van der Waals surface area contributed by atoms with Crippen LogP contribution in [0.3, 0.4) is 0 Å². The van der Waals surface area contributed by atoms with Crippen LogP contribution in [0.5, 0.6) is 0 Å². The quantitative estimate of drug-likeness (QED) is 0.659. The van der Waals surface area contributed by atoms with Gasteiger partial charge in [-0.3, -0.25) is 4.98 Å². The highest BCUT2D eigenvalue weighted by molar-refractivity contribution is 9.10. The maximum Gasteiger partial charge on any atom is 0.0766 e. The van der Waals surface area contributed by atoms with Gasteiger partial charge in [0.2, 0.25) is 0 Å². The van der Waals surface area contributed by atoms with Crippen LogP contribution >= 0.6 is 27.5 Å². The van der Waals surface area contributed by atoms with Crippen LogP contribution < -0.4 is 5.32 Å². The van der Waals surface area contributed by atoms with E-state index in [4.69, 9.17) is 11.6 Å². The Labute approximate surface area is 137 Å². The molecule has 1 heterocycles. The number of rotatable bonds is 3. The zero-order valence-electron chi connectivity index (χ0n) is 11.5. The number of aromatic nitrogens is 1. The van der Waals surface area contributed by atoms with Gasteiger partial charge in [0.1, 0.15) is 0 Å². The Morgan fingerprint density at radius 1 is 1.19 bits per heavy atom. The molecule has 1 N–H and O–H groups in total. The number of hydrogen-bond acceptors (Lipinski definition) is 2. The highest BCUT2D eigenvalue weighted by atomic mass is 79.9. The number of aryl methyl sites for hydroxylation is 1. The van der Waals surface area contributed by atoms with Crippen LogP contribution in [0.15, 0.2) is 53.1 Å². The molecule has 3 aromatic rings. The zero-order chi connectivity index (χ0) is 14.8. The number of pyridine rings is 1. The standard InChI is InChI=1S/C17H14BrClN2/c1-11-4-6-14(18)16(9-11)21-10-12-5-7-15(19)13-3-2-8-20-17(12)13/h2-9,21H,10H2,1H3. The lowest BCUT2D eigenvalue weighted by Crippen LogP contribution is -2.02. The summed E-state index contributed by atoms with van der Waals surface area (Å²) in [6.45, 7) is 2.78. The van der Waals surface area contributed by atoms with Crippen molar-refractivity contribution in [2.75, 3.05) is 5.32 Å². The van der Waals surface area contributed by atoms with E-state index in [1.807, 2.05) is 24.3 Å². The van der Waals surface area contributed by atoms with E-state index < -0.39 is 0 Å². The Kier molecular flexibility index (Phi) is 4.13. The number of nitrogens with zero attached hydrogens (tertiary/aromatic N) is 1. The molecule has 3 rings (SSSR count). The molecule has 0 saturated carbocycles. The monoisotopic (exact) mass is 360 g/mol. The Hall–Kier alpha value is -1.58. The second-order valence-corrected chi connectivity index (χ2v) is 6.20. The van der Waals surface area contributed by atoms with Crippen LogP contribution in [0, 0.1) is 6.92 Å². The maximum absolute atomic E-state index is 6.22. The highest BCUT2D eigenvalue weighted by Gasteiger charge is 2.06. The molecule has 21 heavy (non-hydrogen) atoms. The summed E-state index contributed by atoms with van der Waals surface area (Å²) in [5.74, 6) is 0. The number of halogens is 2. The lowest BCUT2D eigenvalue weighted by atomic mass is 10.1. The number of fused-ring (bicyclic) bond motifs is 1. The summed E-state index contributed by atoms with van der Waals surface area (Å²) in [6, 6.07) is 14.1. The summed E-state index contributed by atoms with van der Waals surface area (Å²) in [6.07, 6.45) is 1.80. The van der Waals surface area contributed by atoms with Crippen LogP contribution in [0.25, 0.3) is 10.9 Å². The summed E-state index contributed by atoms with van der Waals surface area (Å²) in [4.78, 5) is 4.46. The van der Waals surface area contributed by atoms with Gasteiger partial charge in [-0.1, -0.05) is 23.7 Å². The first kappa shape index (κ1) is 14.4. The number of benzene rings is 2. The first-order valence-electron chi connectivity index (χ1n) is 6.67. The van der Waals surface area contributed by atoms with Gasteiger partial charge in [0, 0.05) is 33.3 Å². The van der Waals surface area contributed by atoms with Crippen molar-refractivity contribution in [3.05, 3.63) is 69.3 Å². The fourth-order valence-electron chi connectivity index (χ4n) is 2.30. The molecule has 1 aromatic heterocycles. The molecule has 0 radical (unpaired) electrons. The van der Waals surface area contributed by atoms with Crippen molar-refractivity contribution < 1.29 is 0 Å². The molecule has 0 bridgehead atoms. The molecule has 4 heteroatoms. The van der Waals surface area contributed by atoms with Crippen LogP contribution in [-0.4, -0.2) is 4.98 Å². The van der Waals surface area contributed by atoms with Crippen molar-refractivity contribution in [3.63, 3.8) is 0 Å². The van der Waals surface area contributed by atoms with Crippen LogP contribution in [0.2, 0.25) is 5.02 Å². The Morgan fingerprint density at radius 3 is 2.90 bits per heavy atom. The fourth-order valence-corrected chi connectivity index (χ4v) is 2.91. The third-order valence-electron chi connectivity index (χ3n) is 3.39. The molecule has 0 unspecified atom stereocenters. The van der Waals surface area contributed by atoms with Crippen molar-refractivity contribution in [2.24, 2.45) is 0 Å². The maximum atomic E-state index is 6.22. The van der Waals surface area contributed by atoms with Crippen molar-refractivity contribution in [1.82, 2.24) is 4.98 Å². The molecule has 106 valence electrons. The van der Waals surface area contributed by atoms with E-state index in [0.29, 0.717) is 6.54 Å². The molecule has 0 saturated heterocycles. The largest absolute Gasteiger partial charge is 0.380 e. The van der Waals surface area contributed by atoms with E-state index >= 15 is 0 Å². The molecular formula is C17H14BrClN2. The van der Waals surface area contributed by atoms with E-state index in [1.54, 1.807) is 6.20 Å². The number of hydrogen-bond donors (Lipinski definition) is 1. The molecule has 2 nitrogen and oxygen atoms in total. The molecule has 0 aliphatic rings. The number of nitrogens with one attached hydrogen (secondary N) is 1. The van der Waals surface area contributed by atoms with Gasteiger partial charge in [-0.15, -0.1) is 0 Å². The summed E-state index contributed by atoms with van der Waals surface area (Å²) >= 11 is 9.79. The van der Waals surface area contributed by atoms with E-state index in [9.17, 15) is 0 Å². The normalized spacial score (nSPS) is 10.8. The lowest BCUT2D eigenvalue weighted by Gasteiger charge is -2.11. The van der Waals surface area contributed by atoms with Crippen molar-refractivity contribution in [2.45, 2.75) is 13.5 Å². The van der Waals surface area contributed by atoms with Gasteiger partial charge in [-0.2, -0.15) is 0 Å². The average molecular weight is 362 g/mol. The minimum atomic E-state index is 0.701. The van der Waals surface area contributed by atoms with Crippen molar-refractivity contribution >= 4 is 44.1 Å². The van der Waals surface area contributed by atoms with E-state index in [1.165, 1.54) is 5.56 Å². The first-order chi connectivity index (χ1) is 10.1. The molecule has 0 atom stereocenters. The summed E-state index contributed by atoms with van der Waals surface area (Å²) in [5.41, 5.74) is 4.37. The second-order valence-electron chi connectivity index (χ2n) is 4.94.